The molecule has 0 bridgehead atoms. The fourth-order valence-corrected chi connectivity index (χ4v) is 2.45. The van der Waals surface area contributed by atoms with Crippen LogP contribution in [0.5, 0.6) is 0 Å². The average Bonchev–Trinajstić information content (AvgIpc) is 2.23. The van der Waals surface area contributed by atoms with Gasteiger partial charge in [0.2, 0.25) is 0 Å². The second-order valence-corrected chi connectivity index (χ2v) is 4.69. The Bertz CT molecular complexity index is 265. The van der Waals surface area contributed by atoms with Crippen molar-refractivity contribution in [1.82, 2.24) is 0 Å². The van der Waals surface area contributed by atoms with Crippen molar-refractivity contribution in [3.8, 4) is 0 Å². The highest BCUT2D eigenvalue weighted by molar-refractivity contribution is 5.21. The van der Waals surface area contributed by atoms with E-state index >= 15 is 0 Å². The van der Waals surface area contributed by atoms with Crippen LogP contribution in [0, 0.1) is 12.8 Å². The lowest BCUT2D eigenvalue weighted by Crippen LogP contribution is -2.09. The largest absolute Gasteiger partial charge is 0.0591 e. The van der Waals surface area contributed by atoms with Gasteiger partial charge < -0.3 is 0 Å². The van der Waals surface area contributed by atoms with Crippen molar-refractivity contribution < 1.29 is 0 Å². The Hall–Kier alpha value is -0.780. The van der Waals surface area contributed by atoms with Crippen LogP contribution in [0.2, 0.25) is 0 Å². The van der Waals surface area contributed by atoms with E-state index in [0.717, 1.165) is 5.92 Å². The third-order valence-electron chi connectivity index (χ3n) is 3.37. The van der Waals surface area contributed by atoms with Crippen molar-refractivity contribution in [2.75, 3.05) is 0 Å². The molecule has 0 heterocycles. The molecule has 14 heavy (non-hydrogen) atoms. The van der Waals surface area contributed by atoms with Crippen LogP contribution in [0.25, 0.3) is 0 Å². The van der Waals surface area contributed by atoms with Crippen LogP contribution in [0.1, 0.15) is 43.2 Å². The van der Waals surface area contributed by atoms with Gasteiger partial charge in [0.15, 0.2) is 0 Å². The zero-order valence-corrected chi connectivity index (χ0v) is 9.13. The summed E-state index contributed by atoms with van der Waals surface area (Å²) in [7, 11) is 0. The van der Waals surface area contributed by atoms with Gasteiger partial charge in [-0.3, -0.25) is 0 Å². The minimum absolute atomic E-state index is 0.964. The lowest BCUT2D eigenvalue weighted by atomic mass is 9.85. The molecule has 1 saturated carbocycles. The van der Waals surface area contributed by atoms with E-state index in [2.05, 4.69) is 31.2 Å². The number of hydrogen-bond donors (Lipinski definition) is 0. The molecule has 1 aromatic rings. The predicted octanol–water partition coefficient (Wildman–Crippen LogP) is 4.12. The van der Waals surface area contributed by atoms with E-state index in [1.807, 2.05) is 0 Å². The minimum Gasteiger partial charge on any atom is -0.0591 e. The quantitative estimate of drug-likeness (QED) is 0.655. The summed E-state index contributed by atoms with van der Waals surface area (Å²) >= 11 is 0. The van der Waals surface area contributed by atoms with E-state index in [-0.39, 0.29) is 0 Å². The first-order valence-corrected chi connectivity index (χ1v) is 5.90. The smallest absolute Gasteiger partial charge is 0.0250 e. The van der Waals surface area contributed by atoms with Gasteiger partial charge in [-0.2, -0.15) is 0 Å². The SMILES string of the molecule is Cc1ccc(CC2CCCCC2)cc1. The zero-order valence-electron chi connectivity index (χ0n) is 9.13. The molecule has 0 atom stereocenters. The molecular formula is C14H20. The molecule has 1 fully saturated rings. The van der Waals surface area contributed by atoms with E-state index in [1.165, 1.54) is 49.7 Å². The van der Waals surface area contributed by atoms with E-state index in [0.29, 0.717) is 0 Å². The van der Waals surface area contributed by atoms with Gasteiger partial charge in [0.25, 0.3) is 0 Å². The molecule has 0 aromatic heterocycles. The molecule has 0 unspecified atom stereocenters. The summed E-state index contributed by atoms with van der Waals surface area (Å²) in [6.07, 6.45) is 8.58. The summed E-state index contributed by atoms with van der Waals surface area (Å²) in [6, 6.07) is 9.06. The average molecular weight is 188 g/mol. The first-order valence-electron chi connectivity index (χ1n) is 5.90. The van der Waals surface area contributed by atoms with Crippen molar-refractivity contribution in [2.45, 2.75) is 45.4 Å². The lowest BCUT2D eigenvalue weighted by Gasteiger charge is -2.21. The molecule has 0 radical (unpaired) electrons. The van der Waals surface area contributed by atoms with Crippen LogP contribution in [0.15, 0.2) is 24.3 Å². The Labute approximate surface area is 87.3 Å². The molecule has 0 heteroatoms. The number of hydrogen-bond acceptors (Lipinski definition) is 0. The van der Waals surface area contributed by atoms with Crippen LogP contribution in [0.3, 0.4) is 0 Å². The zero-order chi connectivity index (χ0) is 9.80. The fourth-order valence-electron chi connectivity index (χ4n) is 2.45. The number of aryl methyl sites for hydroxylation is 1. The van der Waals surface area contributed by atoms with Crippen molar-refractivity contribution in [2.24, 2.45) is 5.92 Å². The van der Waals surface area contributed by atoms with Gasteiger partial charge in [-0.1, -0.05) is 61.9 Å². The summed E-state index contributed by atoms with van der Waals surface area (Å²) in [6.45, 7) is 2.16. The molecule has 0 amide bonds. The number of rotatable bonds is 2. The summed E-state index contributed by atoms with van der Waals surface area (Å²) in [5, 5.41) is 0. The summed E-state index contributed by atoms with van der Waals surface area (Å²) < 4.78 is 0. The van der Waals surface area contributed by atoms with E-state index in [9.17, 15) is 0 Å². The second-order valence-electron chi connectivity index (χ2n) is 4.69. The molecule has 0 aliphatic heterocycles. The first kappa shape index (κ1) is 9.76. The van der Waals surface area contributed by atoms with Crippen molar-refractivity contribution in [1.29, 1.82) is 0 Å². The molecular weight excluding hydrogens is 168 g/mol. The summed E-state index contributed by atoms with van der Waals surface area (Å²) in [5.74, 6) is 0.964. The monoisotopic (exact) mass is 188 g/mol. The van der Waals surface area contributed by atoms with Crippen molar-refractivity contribution in [3.05, 3.63) is 35.4 Å². The van der Waals surface area contributed by atoms with Gasteiger partial charge in [-0.05, 0) is 24.8 Å². The Morgan fingerprint density at radius 2 is 1.64 bits per heavy atom. The highest BCUT2D eigenvalue weighted by atomic mass is 14.2. The predicted molar refractivity (Wildman–Crippen MR) is 61.5 cm³/mol. The Morgan fingerprint density at radius 1 is 1.00 bits per heavy atom. The third-order valence-corrected chi connectivity index (χ3v) is 3.37. The maximum Gasteiger partial charge on any atom is -0.0250 e. The van der Waals surface area contributed by atoms with Crippen LogP contribution in [-0.2, 0) is 6.42 Å². The molecule has 1 aromatic carbocycles. The van der Waals surface area contributed by atoms with Crippen LogP contribution in [0.4, 0.5) is 0 Å². The maximum atomic E-state index is 2.30. The molecule has 2 rings (SSSR count). The van der Waals surface area contributed by atoms with Gasteiger partial charge in [-0.25, -0.2) is 0 Å². The van der Waals surface area contributed by atoms with E-state index < -0.39 is 0 Å². The highest BCUT2D eigenvalue weighted by Crippen LogP contribution is 2.26. The molecule has 1 aliphatic carbocycles. The number of benzene rings is 1. The van der Waals surface area contributed by atoms with Gasteiger partial charge in [0.05, 0.1) is 0 Å². The van der Waals surface area contributed by atoms with Crippen LogP contribution in [-0.4, -0.2) is 0 Å². The fraction of sp³-hybridized carbons (Fsp3) is 0.571. The van der Waals surface area contributed by atoms with Crippen LogP contribution < -0.4 is 0 Å². The van der Waals surface area contributed by atoms with Gasteiger partial charge in [0, 0.05) is 0 Å². The minimum atomic E-state index is 0.964. The third kappa shape index (κ3) is 2.60. The standard InChI is InChI=1S/C14H20/c1-12-7-9-14(10-8-12)11-13-5-3-2-4-6-13/h7-10,13H,2-6,11H2,1H3. The summed E-state index contributed by atoms with van der Waals surface area (Å²) in [5.41, 5.74) is 2.90. The topological polar surface area (TPSA) is 0 Å². The Kier molecular flexibility index (Phi) is 3.23. The second kappa shape index (κ2) is 4.63. The van der Waals surface area contributed by atoms with Crippen LogP contribution >= 0.6 is 0 Å². The maximum absolute atomic E-state index is 2.30. The summed E-state index contributed by atoms with van der Waals surface area (Å²) in [4.78, 5) is 0. The van der Waals surface area contributed by atoms with Gasteiger partial charge >= 0.3 is 0 Å². The van der Waals surface area contributed by atoms with E-state index in [4.69, 9.17) is 0 Å². The highest BCUT2D eigenvalue weighted by Gasteiger charge is 2.13. The van der Waals surface area contributed by atoms with Crippen molar-refractivity contribution >= 4 is 0 Å². The molecule has 0 saturated heterocycles. The molecule has 0 N–H and O–H groups in total. The van der Waals surface area contributed by atoms with E-state index in [1.54, 1.807) is 0 Å². The van der Waals surface area contributed by atoms with Gasteiger partial charge in [-0.15, -0.1) is 0 Å². The van der Waals surface area contributed by atoms with Crippen molar-refractivity contribution in [3.63, 3.8) is 0 Å². The molecule has 0 spiro atoms. The van der Waals surface area contributed by atoms with Gasteiger partial charge in [0.1, 0.15) is 0 Å². The molecule has 1 aliphatic rings. The Morgan fingerprint density at radius 3 is 2.29 bits per heavy atom. The lowest BCUT2D eigenvalue weighted by molar-refractivity contribution is 0.356. The molecule has 76 valence electrons. The Balaban J connectivity index is 1.92. The molecule has 0 nitrogen and oxygen atoms in total. The normalized spacial score (nSPS) is 18.4. The first-order chi connectivity index (χ1) is 6.84.